The van der Waals surface area contributed by atoms with Crippen LogP contribution in [0.1, 0.15) is 35.9 Å². The van der Waals surface area contributed by atoms with Crippen LogP contribution in [0.4, 0.5) is 0 Å². The van der Waals surface area contributed by atoms with E-state index in [1.165, 1.54) is 0 Å². The van der Waals surface area contributed by atoms with Crippen LogP contribution < -0.4 is 0 Å². The quantitative estimate of drug-likeness (QED) is 0.708. The molecule has 6 heteroatoms. The van der Waals surface area contributed by atoms with Gasteiger partial charge >= 0.3 is 0 Å². The van der Waals surface area contributed by atoms with Crippen LogP contribution in [0.2, 0.25) is 0 Å². The third kappa shape index (κ3) is 4.39. The Morgan fingerprint density at radius 1 is 1.21 bits per heavy atom. The Labute approximate surface area is 145 Å². The zero-order valence-corrected chi connectivity index (χ0v) is 14.6. The van der Waals surface area contributed by atoms with E-state index in [4.69, 9.17) is 0 Å². The lowest BCUT2D eigenvalue weighted by Crippen LogP contribution is -2.01. The largest absolute Gasteiger partial charge is 0.508 e. The summed E-state index contributed by atoms with van der Waals surface area (Å²) in [7, 11) is 0. The maximum absolute atomic E-state index is 9.34. The normalized spacial score (nSPS) is 10.4. The molecule has 0 aliphatic heterocycles. The minimum absolute atomic E-state index is 0.243. The molecule has 3 aromatic rings. The molecule has 0 spiro atoms. The number of phenols is 1. The number of benzene rings is 1. The lowest BCUT2D eigenvalue weighted by atomic mass is 10.1. The summed E-state index contributed by atoms with van der Waals surface area (Å²) < 4.78 is 1.68. The Morgan fingerprint density at radius 3 is 2.58 bits per heavy atom. The third-order valence-corrected chi connectivity index (χ3v) is 3.86. The van der Waals surface area contributed by atoms with Gasteiger partial charge < -0.3 is 5.11 Å². The van der Waals surface area contributed by atoms with E-state index in [1.54, 1.807) is 40.4 Å². The lowest BCUT2D eigenvalue weighted by molar-refractivity contribution is 0.475. The molecule has 0 atom stereocenters. The van der Waals surface area contributed by atoms with E-state index in [9.17, 15) is 5.11 Å². The van der Waals surface area contributed by atoms with Gasteiger partial charge in [0, 0.05) is 11.3 Å². The van der Waals surface area contributed by atoms with Gasteiger partial charge in [0.05, 0.1) is 6.21 Å². The van der Waals surface area contributed by atoms with Gasteiger partial charge in [-0.1, -0.05) is 38.6 Å². The van der Waals surface area contributed by atoms with E-state index in [1.807, 2.05) is 43.5 Å². The highest BCUT2D eigenvalue weighted by Gasteiger charge is 2.09. The first-order valence-corrected chi connectivity index (χ1v) is 8.57. The molecule has 0 aliphatic rings. The van der Waals surface area contributed by atoms with Crippen LogP contribution in [-0.4, -0.2) is 26.2 Å². The SMILES string of the molecule is C=Cc1nnc(Cc2ccc(O)cc2)n1/N=C/c1cccs1.CC. The number of hydrogen-bond acceptors (Lipinski definition) is 5. The Hall–Kier alpha value is -2.73. The molecule has 124 valence electrons. The topological polar surface area (TPSA) is 63.3 Å². The lowest BCUT2D eigenvalue weighted by Gasteiger charge is -2.03. The summed E-state index contributed by atoms with van der Waals surface area (Å²) in [6, 6.07) is 11.0. The molecule has 0 saturated carbocycles. The second kappa shape index (κ2) is 8.79. The van der Waals surface area contributed by atoms with Gasteiger partial charge in [0.1, 0.15) is 5.75 Å². The maximum Gasteiger partial charge on any atom is 0.177 e. The van der Waals surface area contributed by atoms with Crippen LogP contribution >= 0.6 is 11.3 Å². The molecule has 0 bridgehead atoms. The molecule has 0 unspecified atom stereocenters. The maximum atomic E-state index is 9.34. The molecule has 2 heterocycles. The summed E-state index contributed by atoms with van der Waals surface area (Å²) in [4.78, 5) is 1.05. The van der Waals surface area contributed by atoms with E-state index in [0.29, 0.717) is 18.1 Å². The highest BCUT2D eigenvalue weighted by atomic mass is 32.1. The molecule has 1 N–H and O–H groups in total. The van der Waals surface area contributed by atoms with Crippen molar-refractivity contribution in [1.82, 2.24) is 14.9 Å². The van der Waals surface area contributed by atoms with Crippen molar-refractivity contribution in [3.63, 3.8) is 0 Å². The molecule has 1 aromatic carbocycles. The number of phenolic OH excluding ortho intramolecular Hbond substituents is 1. The molecule has 0 amide bonds. The monoisotopic (exact) mass is 340 g/mol. The number of hydrogen-bond donors (Lipinski definition) is 1. The fourth-order valence-electron chi connectivity index (χ4n) is 1.96. The number of nitrogens with zero attached hydrogens (tertiary/aromatic N) is 4. The predicted molar refractivity (Wildman–Crippen MR) is 99.7 cm³/mol. The Balaban J connectivity index is 0.00000100. The van der Waals surface area contributed by atoms with Crippen LogP contribution in [-0.2, 0) is 6.42 Å². The molecule has 0 fully saturated rings. The summed E-state index contributed by atoms with van der Waals surface area (Å²) in [5.74, 6) is 1.56. The van der Waals surface area contributed by atoms with Crippen molar-refractivity contribution in [2.45, 2.75) is 20.3 Å². The van der Waals surface area contributed by atoms with Crippen LogP contribution in [0, 0.1) is 0 Å². The van der Waals surface area contributed by atoms with Gasteiger partial charge in [-0.3, -0.25) is 0 Å². The molecular weight excluding hydrogens is 320 g/mol. The molecular formula is C18H20N4OS. The molecule has 5 nitrogen and oxygen atoms in total. The number of aromatic hydroxyl groups is 1. The van der Waals surface area contributed by atoms with E-state index in [0.717, 1.165) is 10.4 Å². The van der Waals surface area contributed by atoms with Crippen LogP contribution in [0.5, 0.6) is 5.75 Å². The van der Waals surface area contributed by atoms with Crippen molar-refractivity contribution in [3.8, 4) is 5.75 Å². The van der Waals surface area contributed by atoms with Gasteiger partial charge in [-0.15, -0.1) is 21.5 Å². The minimum Gasteiger partial charge on any atom is -0.508 e. The molecule has 0 radical (unpaired) electrons. The van der Waals surface area contributed by atoms with Gasteiger partial charge in [-0.05, 0) is 35.2 Å². The number of rotatable bonds is 5. The summed E-state index contributed by atoms with van der Waals surface area (Å²) in [5.41, 5.74) is 1.02. The van der Waals surface area contributed by atoms with Gasteiger partial charge in [0.15, 0.2) is 11.6 Å². The van der Waals surface area contributed by atoms with E-state index in [2.05, 4.69) is 21.9 Å². The second-order valence-electron chi connectivity index (χ2n) is 4.59. The average Bonchev–Trinajstić information content (AvgIpc) is 3.26. The second-order valence-corrected chi connectivity index (χ2v) is 5.57. The van der Waals surface area contributed by atoms with Gasteiger partial charge in [-0.2, -0.15) is 9.78 Å². The first-order chi connectivity index (χ1) is 11.8. The molecule has 3 rings (SSSR count). The summed E-state index contributed by atoms with van der Waals surface area (Å²) in [5, 5.41) is 24.0. The smallest absolute Gasteiger partial charge is 0.177 e. The van der Waals surface area contributed by atoms with Crippen molar-refractivity contribution in [1.29, 1.82) is 0 Å². The Morgan fingerprint density at radius 2 is 1.96 bits per heavy atom. The number of aromatic nitrogens is 3. The van der Waals surface area contributed by atoms with Crippen LogP contribution in [0.15, 0.2) is 53.5 Å². The van der Waals surface area contributed by atoms with Crippen molar-refractivity contribution < 1.29 is 5.11 Å². The standard InChI is InChI=1S/C16H14N4OS.C2H6/c1-2-15-18-19-16(10-12-5-7-13(21)8-6-12)20(15)17-11-14-4-3-9-22-14;1-2/h2-9,11,21H,1,10H2;1-2H3/b17-11+;. The van der Waals surface area contributed by atoms with Crippen molar-refractivity contribution >= 4 is 23.6 Å². The highest BCUT2D eigenvalue weighted by molar-refractivity contribution is 7.11. The zero-order chi connectivity index (χ0) is 17.4. The summed E-state index contributed by atoms with van der Waals surface area (Å²) in [6.45, 7) is 7.74. The van der Waals surface area contributed by atoms with Crippen molar-refractivity contribution in [3.05, 3.63) is 70.4 Å². The third-order valence-electron chi connectivity index (χ3n) is 3.05. The zero-order valence-electron chi connectivity index (χ0n) is 13.8. The Kier molecular flexibility index (Phi) is 6.45. The average molecular weight is 340 g/mol. The summed E-state index contributed by atoms with van der Waals surface area (Å²) in [6.07, 6.45) is 3.98. The minimum atomic E-state index is 0.243. The van der Waals surface area contributed by atoms with Gasteiger partial charge in [-0.25, -0.2) is 0 Å². The summed E-state index contributed by atoms with van der Waals surface area (Å²) >= 11 is 1.61. The first kappa shape index (κ1) is 17.6. The van der Waals surface area contributed by atoms with E-state index in [-0.39, 0.29) is 5.75 Å². The Bertz CT molecular complexity index is 789. The van der Waals surface area contributed by atoms with Crippen LogP contribution in [0.3, 0.4) is 0 Å². The highest BCUT2D eigenvalue weighted by Crippen LogP contribution is 2.14. The van der Waals surface area contributed by atoms with Crippen molar-refractivity contribution in [2.24, 2.45) is 5.10 Å². The van der Waals surface area contributed by atoms with Gasteiger partial charge in [0.2, 0.25) is 0 Å². The van der Waals surface area contributed by atoms with E-state index < -0.39 is 0 Å². The van der Waals surface area contributed by atoms with Crippen molar-refractivity contribution in [2.75, 3.05) is 0 Å². The predicted octanol–water partition coefficient (Wildman–Crippen LogP) is 4.19. The molecule has 0 saturated heterocycles. The van der Waals surface area contributed by atoms with E-state index >= 15 is 0 Å². The number of thiophene rings is 1. The fourth-order valence-corrected chi connectivity index (χ4v) is 2.54. The fraction of sp³-hybridized carbons (Fsp3) is 0.167. The van der Waals surface area contributed by atoms with Crippen LogP contribution in [0.25, 0.3) is 6.08 Å². The first-order valence-electron chi connectivity index (χ1n) is 7.69. The molecule has 24 heavy (non-hydrogen) atoms. The molecule has 2 aromatic heterocycles. The van der Waals surface area contributed by atoms with Gasteiger partial charge in [0.25, 0.3) is 0 Å². The molecule has 0 aliphatic carbocycles.